The topological polar surface area (TPSA) is 78.4 Å². The molecule has 0 aliphatic rings. The predicted molar refractivity (Wildman–Crippen MR) is 61.1 cm³/mol. The molecule has 2 aromatic rings. The average molecular weight is 213 g/mol. The molecule has 0 fully saturated rings. The Kier molecular flexibility index (Phi) is 2.86. The molecule has 5 heteroatoms. The number of nitrogens with zero attached hydrogens (tertiary/aromatic N) is 3. The van der Waals surface area contributed by atoms with E-state index in [9.17, 15) is 0 Å². The quantitative estimate of drug-likeness (QED) is 0.599. The van der Waals surface area contributed by atoms with Crippen molar-refractivity contribution in [1.29, 1.82) is 10.8 Å². The van der Waals surface area contributed by atoms with Crippen molar-refractivity contribution in [2.24, 2.45) is 0 Å². The summed E-state index contributed by atoms with van der Waals surface area (Å²) >= 11 is 0. The van der Waals surface area contributed by atoms with Crippen LogP contribution in [0.5, 0.6) is 0 Å². The van der Waals surface area contributed by atoms with Gasteiger partial charge in [0.15, 0.2) is 0 Å². The minimum absolute atomic E-state index is 0.315. The van der Waals surface area contributed by atoms with Crippen molar-refractivity contribution in [3.05, 3.63) is 48.8 Å². The first kappa shape index (κ1) is 10.2. The second-order valence-electron chi connectivity index (χ2n) is 3.29. The number of hydrogen-bond acceptors (Lipinski definition) is 4. The minimum Gasteiger partial charge on any atom is -0.312 e. The fourth-order valence-electron chi connectivity index (χ4n) is 1.46. The Labute approximate surface area is 92.8 Å². The van der Waals surface area contributed by atoms with E-state index in [2.05, 4.69) is 9.97 Å². The largest absolute Gasteiger partial charge is 0.312 e. The monoisotopic (exact) mass is 213 g/mol. The van der Waals surface area contributed by atoms with Gasteiger partial charge in [0.05, 0.1) is 5.92 Å². The lowest BCUT2D eigenvalue weighted by Gasteiger charge is -2.13. The fraction of sp³-hybridized carbons (Fsp3) is 0.0909. The van der Waals surface area contributed by atoms with Crippen molar-refractivity contribution in [2.45, 2.75) is 5.92 Å². The molecule has 0 aliphatic heterocycles. The van der Waals surface area contributed by atoms with Gasteiger partial charge in [-0.25, -0.2) is 9.97 Å². The number of aromatic nitrogens is 3. The molecule has 5 nitrogen and oxygen atoms in total. The van der Waals surface area contributed by atoms with Crippen LogP contribution in [0.4, 0.5) is 0 Å². The second-order valence-corrected chi connectivity index (χ2v) is 3.29. The Bertz CT molecular complexity index is 474. The van der Waals surface area contributed by atoms with E-state index in [-0.39, 0.29) is 0 Å². The van der Waals surface area contributed by atoms with Crippen molar-refractivity contribution in [3.63, 3.8) is 0 Å². The normalized spacial score (nSPS) is 12.0. The van der Waals surface area contributed by atoms with Crippen LogP contribution in [0, 0.1) is 10.8 Å². The van der Waals surface area contributed by atoms with Crippen molar-refractivity contribution in [1.82, 2.24) is 14.5 Å². The lowest BCUT2D eigenvalue weighted by atomic mass is 10.0. The molecule has 0 spiro atoms. The molecule has 1 unspecified atom stereocenters. The van der Waals surface area contributed by atoms with E-state index in [0.717, 1.165) is 5.56 Å². The maximum atomic E-state index is 8.00. The molecule has 0 saturated carbocycles. The third-order valence-corrected chi connectivity index (χ3v) is 2.28. The van der Waals surface area contributed by atoms with Crippen LogP contribution >= 0.6 is 0 Å². The van der Waals surface area contributed by atoms with E-state index >= 15 is 0 Å². The molecule has 0 aromatic carbocycles. The van der Waals surface area contributed by atoms with Gasteiger partial charge in [0.25, 0.3) is 0 Å². The number of nitrogens with one attached hydrogen (secondary N) is 2. The zero-order valence-electron chi connectivity index (χ0n) is 8.54. The standard InChI is InChI=1S/C11H11N5/c12-5-10(9-6-14-8-15-7-9)11(13)16-3-1-2-4-16/h1-8,10,12-13H. The Hall–Kier alpha value is -2.30. The first-order chi connectivity index (χ1) is 7.83. The van der Waals surface area contributed by atoms with Crippen LogP contribution in [-0.2, 0) is 0 Å². The van der Waals surface area contributed by atoms with Crippen molar-refractivity contribution in [3.8, 4) is 0 Å². The van der Waals surface area contributed by atoms with Gasteiger partial charge in [-0.2, -0.15) is 0 Å². The molecule has 0 bridgehead atoms. The Morgan fingerprint density at radius 1 is 1.25 bits per heavy atom. The number of hydrogen-bond donors (Lipinski definition) is 2. The lowest BCUT2D eigenvalue weighted by Crippen LogP contribution is -2.20. The summed E-state index contributed by atoms with van der Waals surface area (Å²) < 4.78 is 1.67. The van der Waals surface area contributed by atoms with Gasteiger partial charge in [-0.05, 0) is 12.1 Å². The highest BCUT2D eigenvalue weighted by atomic mass is 15.0. The highest BCUT2D eigenvalue weighted by Crippen LogP contribution is 2.13. The van der Waals surface area contributed by atoms with Gasteiger partial charge in [0, 0.05) is 36.6 Å². The highest BCUT2D eigenvalue weighted by Gasteiger charge is 2.15. The summed E-state index contributed by atoms with van der Waals surface area (Å²) in [5, 5.41) is 15.4. The lowest BCUT2D eigenvalue weighted by molar-refractivity contribution is 0.999. The van der Waals surface area contributed by atoms with Gasteiger partial charge >= 0.3 is 0 Å². The van der Waals surface area contributed by atoms with Crippen LogP contribution in [-0.4, -0.2) is 26.6 Å². The van der Waals surface area contributed by atoms with Gasteiger partial charge in [-0.3, -0.25) is 5.41 Å². The van der Waals surface area contributed by atoms with E-state index in [1.807, 2.05) is 12.1 Å². The molecule has 0 amide bonds. The maximum Gasteiger partial charge on any atom is 0.117 e. The molecule has 0 saturated heterocycles. The summed E-state index contributed by atoms with van der Waals surface area (Å²) in [5.41, 5.74) is 0.746. The van der Waals surface area contributed by atoms with E-state index in [0.29, 0.717) is 5.84 Å². The molecule has 0 radical (unpaired) electrons. The summed E-state index contributed by atoms with van der Waals surface area (Å²) in [6.07, 6.45) is 9.47. The summed E-state index contributed by atoms with van der Waals surface area (Å²) in [6, 6.07) is 3.69. The van der Waals surface area contributed by atoms with Gasteiger partial charge in [-0.15, -0.1) is 0 Å². The SMILES string of the molecule is N=CC(C(=N)n1cccc1)c1cncnc1. The van der Waals surface area contributed by atoms with Crippen LogP contribution in [0.25, 0.3) is 0 Å². The summed E-state index contributed by atoms with van der Waals surface area (Å²) in [7, 11) is 0. The zero-order valence-corrected chi connectivity index (χ0v) is 8.54. The average Bonchev–Trinajstić information content (AvgIpc) is 2.85. The predicted octanol–water partition coefficient (Wildman–Crippen LogP) is 1.54. The van der Waals surface area contributed by atoms with Crippen LogP contribution in [0.3, 0.4) is 0 Å². The smallest absolute Gasteiger partial charge is 0.117 e. The van der Waals surface area contributed by atoms with Crippen molar-refractivity contribution < 1.29 is 0 Å². The molecular formula is C11H11N5. The van der Waals surface area contributed by atoms with Gasteiger partial charge in [-0.1, -0.05) is 0 Å². The molecule has 16 heavy (non-hydrogen) atoms. The maximum absolute atomic E-state index is 8.00. The summed E-state index contributed by atoms with van der Waals surface area (Å²) in [4.78, 5) is 7.79. The molecule has 0 aliphatic carbocycles. The third kappa shape index (κ3) is 1.88. The Morgan fingerprint density at radius 3 is 2.44 bits per heavy atom. The second kappa shape index (κ2) is 4.48. The van der Waals surface area contributed by atoms with Crippen LogP contribution in [0.1, 0.15) is 11.5 Å². The van der Waals surface area contributed by atoms with Gasteiger partial charge in [0.1, 0.15) is 12.2 Å². The Morgan fingerprint density at radius 2 is 1.88 bits per heavy atom. The molecule has 2 heterocycles. The van der Waals surface area contributed by atoms with E-state index in [1.165, 1.54) is 12.5 Å². The van der Waals surface area contributed by atoms with Crippen LogP contribution in [0.2, 0.25) is 0 Å². The van der Waals surface area contributed by atoms with E-state index in [1.54, 1.807) is 29.4 Å². The molecule has 2 rings (SSSR count). The first-order valence-electron chi connectivity index (χ1n) is 4.80. The third-order valence-electron chi connectivity index (χ3n) is 2.28. The van der Waals surface area contributed by atoms with Crippen LogP contribution in [0.15, 0.2) is 43.2 Å². The van der Waals surface area contributed by atoms with Gasteiger partial charge < -0.3 is 9.98 Å². The molecule has 2 N–H and O–H groups in total. The number of rotatable bonds is 3. The van der Waals surface area contributed by atoms with E-state index in [4.69, 9.17) is 10.8 Å². The first-order valence-corrected chi connectivity index (χ1v) is 4.80. The highest BCUT2D eigenvalue weighted by molar-refractivity contribution is 6.01. The van der Waals surface area contributed by atoms with Crippen molar-refractivity contribution >= 4 is 12.1 Å². The van der Waals surface area contributed by atoms with E-state index < -0.39 is 5.92 Å². The van der Waals surface area contributed by atoms with Crippen molar-refractivity contribution in [2.75, 3.05) is 0 Å². The summed E-state index contributed by atoms with van der Waals surface area (Å²) in [6.45, 7) is 0. The van der Waals surface area contributed by atoms with Gasteiger partial charge in [0.2, 0.25) is 0 Å². The zero-order chi connectivity index (χ0) is 11.4. The summed E-state index contributed by atoms with van der Waals surface area (Å²) in [5.74, 6) is -0.0941. The fourth-order valence-corrected chi connectivity index (χ4v) is 1.46. The minimum atomic E-state index is -0.409. The molecule has 1 atom stereocenters. The molecule has 2 aromatic heterocycles. The Balaban J connectivity index is 2.31. The molecule has 80 valence electrons. The molecular weight excluding hydrogens is 202 g/mol. The van der Waals surface area contributed by atoms with Crippen LogP contribution < -0.4 is 0 Å².